The molecule has 27 heavy (non-hydrogen) atoms. The van der Waals surface area contributed by atoms with Crippen LogP contribution < -0.4 is 16.3 Å². The first-order valence-electron chi connectivity index (χ1n) is 9.24. The van der Waals surface area contributed by atoms with Crippen LogP contribution in [-0.4, -0.2) is 51.0 Å². The Morgan fingerprint density at radius 3 is 2.63 bits per heavy atom. The van der Waals surface area contributed by atoms with E-state index in [1.165, 1.54) is 0 Å². The number of benzene rings is 1. The highest BCUT2D eigenvalue weighted by Crippen LogP contribution is 2.15. The van der Waals surface area contributed by atoms with Gasteiger partial charge in [0.05, 0.1) is 23.5 Å². The largest absolute Gasteiger partial charge is 0.353 e. The molecular formula is C19H27N5O3. The molecule has 1 unspecified atom stereocenters. The second-order valence-electron chi connectivity index (χ2n) is 7.34. The number of aromatic nitrogens is 2. The lowest BCUT2D eigenvalue weighted by molar-refractivity contribution is -0.134. The summed E-state index contributed by atoms with van der Waals surface area (Å²) in [6.07, 6.45) is 0.135. The average molecular weight is 373 g/mol. The highest BCUT2D eigenvalue weighted by atomic mass is 16.2. The first-order chi connectivity index (χ1) is 12.8. The van der Waals surface area contributed by atoms with E-state index in [0.717, 1.165) is 23.1 Å². The van der Waals surface area contributed by atoms with Gasteiger partial charge in [0, 0.05) is 39.8 Å². The number of amides is 2. The number of hydrogen-bond acceptors (Lipinski definition) is 4. The van der Waals surface area contributed by atoms with Crippen molar-refractivity contribution in [3.05, 3.63) is 34.2 Å². The van der Waals surface area contributed by atoms with Crippen molar-refractivity contribution in [1.29, 1.82) is 0 Å². The van der Waals surface area contributed by atoms with E-state index in [1.54, 1.807) is 23.2 Å². The van der Waals surface area contributed by atoms with E-state index in [2.05, 4.69) is 15.5 Å². The minimum Gasteiger partial charge on any atom is -0.353 e. The Morgan fingerprint density at radius 1 is 1.22 bits per heavy atom. The Bertz CT molecular complexity index is 927. The van der Waals surface area contributed by atoms with Gasteiger partial charge in [0.1, 0.15) is 0 Å². The lowest BCUT2D eigenvalue weighted by Gasteiger charge is -2.37. The summed E-state index contributed by atoms with van der Waals surface area (Å²) in [6, 6.07) is 5.46. The van der Waals surface area contributed by atoms with Gasteiger partial charge in [-0.1, -0.05) is 6.07 Å². The summed E-state index contributed by atoms with van der Waals surface area (Å²) in [5, 5.41) is 5.73. The molecule has 2 amide bonds. The fourth-order valence-corrected chi connectivity index (χ4v) is 3.67. The van der Waals surface area contributed by atoms with E-state index >= 15 is 0 Å². The number of hydrogen-bond donors (Lipinski definition) is 2. The third kappa shape index (κ3) is 3.75. The Kier molecular flexibility index (Phi) is 5.36. The van der Waals surface area contributed by atoms with Crippen LogP contribution in [0.2, 0.25) is 0 Å². The molecule has 1 saturated heterocycles. The summed E-state index contributed by atoms with van der Waals surface area (Å²) in [4.78, 5) is 38.7. The van der Waals surface area contributed by atoms with E-state index in [4.69, 9.17) is 0 Å². The molecular weight excluding hydrogens is 346 g/mol. The third-order valence-corrected chi connectivity index (χ3v) is 5.24. The van der Waals surface area contributed by atoms with Crippen molar-refractivity contribution in [3.63, 3.8) is 0 Å². The topological polar surface area (TPSA) is 88.4 Å². The van der Waals surface area contributed by atoms with Crippen molar-refractivity contribution >= 4 is 22.8 Å². The zero-order chi connectivity index (χ0) is 19.7. The standard InChI is InChI=1S/C19H27N5O3/c1-12(2)24-8-7-20-18(26)16(24)10-17(25)21-11-13-5-6-14-15(9-13)23(4)19(27)22(14)3/h5-6,9,12,16H,7-8,10-11H2,1-4H3,(H,20,26)(H,21,25). The van der Waals surface area contributed by atoms with Gasteiger partial charge in [-0.25, -0.2) is 4.79 Å². The molecule has 1 aromatic heterocycles. The van der Waals surface area contributed by atoms with Crippen molar-refractivity contribution in [2.45, 2.75) is 38.9 Å². The van der Waals surface area contributed by atoms with Crippen LogP contribution in [0.3, 0.4) is 0 Å². The molecule has 8 nitrogen and oxygen atoms in total. The summed E-state index contributed by atoms with van der Waals surface area (Å²) in [7, 11) is 3.47. The van der Waals surface area contributed by atoms with Crippen LogP contribution in [0.4, 0.5) is 0 Å². The zero-order valence-corrected chi connectivity index (χ0v) is 16.3. The van der Waals surface area contributed by atoms with Crippen LogP contribution >= 0.6 is 0 Å². The van der Waals surface area contributed by atoms with E-state index in [1.807, 2.05) is 32.0 Å². The Labute approximate surface area is 158 Å². The molecule has 1 fully saturated rings. The van der Waals surface area contributed by atoms with Crippen LogP contribution in [-0.2, 0) is 30.2 Å². The number of carbonyl (C=O) groups excluding carboxylic acids is 2. The summed E-state index contributed by atoms with van der Waals surface area (Å²) in [5.74, 6) is -0.254. The van der Waals surface area contributed by atoms with Gasteiger partial charge in [0.25, 0.3) is 0 Å². The molecule has 0 bridgehead atoms. The first kappa shape index (κ1) is 19.2. The van der Waals surface area contributed by atoms with E-state index in [-0.39, 0.29) is 30.0 Å². The number of imidazole rings is 1. The number of rotatable bonds is 5. The smallest absolute Gasteiger partial charge is 0.328 e. The predicted molar refractivity (Wildman–Crippen MR) is 103 cm³/mol. The van der Waals surface area contributed by atoms with Crippen LogP contribution in [0.15, 0.2) is 23.0 Å². The molecule has 0 radical (unpaired) electrons. The molecule has 0 spiro atoms. The minimum atomic E-state index is -0.434. The van der Waals surface area contributed by atoms with Crippen LogP contribution in [0.25, 0.3) is 11.0 Å². The highest BCUT2D eigenvalue weighted by Gasteiger charge is 2.32. The Hall–Kier alpha value is -2.61. The number of piperazine rings is 1. The summed E-state index contributed by atoms with van der Waals surface area (Å²) < 4.78 is 3.19. The zero-order valence-electron chi connectivity index (χ0n) is 16.3. The molecule has 0 aliphatic carbocycles. The fourth-order valence-electron chi connectivity index (χ4n) is 3.67. The van der Waals surface area contributed by atoms with E-state index in [9.17, 15) is 14.4 Å². The number of nitrogens with zero attached hydrogens (tertiary/aromatic N) is 3. The van der Waals surface area contributed by atoms with Crippen molar-refractivity contribution < 1.29 is 9.59 Å². The molecule has 1 aromatic carbocycles. The van der Waals surface area contributed by atoms with Crippen molar-refractivity contribution in [3.8, 4) is 0 Å². The number of nitrogens with one attached hydrogen (secondary N) is 2. The van der Waals surface area contributed by atoms with Gasteiger partial charge in [0.2, 0.25) is 11.8 Å². The number of fused-ring (bicyclic) bond motifs is 1. The highest BCUT2D eigenvalue weighted by molar-refractivity contribution is 5.89. The van der Waals surface area contributed by atoms with Crippen LogP contribution in [0.5, 0.6) is 0 Å². The van der Waals surface area contributed by atoms with Crippen LogP contribution in [0, 0.1) is 0 Å². The Balaban J connectivity index is 1.66. The quantitative estimate of drug-likeness (QED) is 0.778. The fraction of sp³-hybridized carbons (Fsp3) is 0.526. The molecule has 1 aliphatic heterocycles. The van der Waals surface area contributed by atoms with Gasteiger partial charge in [-0.05, 0) is 31.5 Å². The normalized spacial score (nSPS) is 18.1. The number of aryl methyl sites for hydroxylation is 2. The molecule has 0 saturated carbocycles. The molecule has 8 heteroatoms. The van der Waals surface area contributed by atoms with Crippen molar-refractivity contribution in [1.82, 2.24) is 24.7 Å². The van der Waals surface area contributed by atoms with E-state index < -0.39 is 6.04 Å². The van der Waals surface area contributed by atoms with Gasteiger partial charge in [-0.15, -0.1) is 0 Å². The SMILES string of the molecule is CC(C)N1CCNC(=O)C1CC(=O)NCc1ccc2c(c1)n(C)c(=O)n2C. The summed E-state index contributed by atoms with van der Waals surface area (Å²) in [5.41, 5.74) is 2.50. The minimum absolute atomic E-state index is 0.0803. The van der Waals surface area contributed by atoms with Gasteiger partial charge >= 0.3 is 5.69 Å². The monoisotopic (exact) mass is 373 g/mol. The molecule has 1 atom stereocenters. The maximum Gasteiger partial charge on any atom is 0.328 e. The van der Waals surface area contributed by atoms with Gasteiger partial charge in [-0.3, -0.25) is 23.6 Å². The predicted octanol–water partition coefficient (Wildman–Crippen LogP) is 0.0921. The van der Waals surface area contributed by atoms with Crippen molar-refractivity contribution in [2.24, 2.45) is 14.1 Å². The molecule has 1 aliphatic rings. The second-order valence-corrected chi connectivity index (χ2v) is 7.34. The third-order valence-electron chi connectivity index (χ3n) is 5.24. The molecule has 3 rings (SSSR count). The lowest BCUT2D eigenvalue weighted by Crippen LogP contribution is -2.58. The van der Waals surface area contributed by atoms with Gasteiger partial charge < -0.3 is 10.6 Å². The number of carbonyl (C=O) groups is 2. The van der Waals surface area contributed by atoms with Gasteiger partial charge in [0.15, 0.2) is 0 Å². The van der Waals surface area contributed by atoms with E-state index in [0.29, 0.717) is 13.1 Å². The molecule has 2 aromatic rings. The maximum absolute atomic E-state index is 12.4. The Morgan fingerprint density at radius 2 is 1.93 bits per heavy atom. The average Bonchev–Trinajstić information content (AvgIpc) is 2.85. The summed E-state index contributed by atoms with van der Waals surface area (Å²) >= 11 is 0. The maximum atomic E-state index is 12.4. The van der Waals surface area contributed by atoms with Crippen LogP contribution in [0.1, 0.15) is 25.8 Å². The first-order valence-corrected chi connectivity index (χ1v) is 9.24. The molecule has 2 heterocycles. The molecule has 2 N–H and O–H groups in total. The second kappa shape index (κ2) is 7.56. The summed E-state index contributed by atoms with van der Waals surface area (Å²) in [6.45, 7) is 5.78. The van der Waals surface area contributed by atoms with Crippen molar-refractivity contribution in [2.75, 3.05) is 13.1 Å². The lowest BCUT2D eigenvalue weighted by atomic mass is 10.1. The van der Waals surface area contributed by atoms with Gasteiger partial charge in [-0.2, -0.15) is 0 Å². The molecule has 146 valence electrons.